The molecule has 1 amide bonds. The highest BCUT2D eigenvalue weighted by atomic mass is 16.6. The molecular formula is C19H25N3O4. The molecule has 2 aliphatic heterocycles. The molecule has 1 aromatic heterocycles. The summed E-state index contributed by atoms with van der Waals surface area (Å²) in [4.78, 5) is 28.8. The van der Waals surface area contributed by atoms with Gasteiger partial charge in [0.05, 0.1) is 17.6 Å². The van der Waals surface area contributed by atoms with E-state index in [-0.39, 0.29) is 17.2 Å². The van der Waals surface area contributed by atoms with Crippen LogP contribution in [-0.4, -0.2) is 45.8 Å². The minimum atomic E-state index is -0.486. The number of amides is 1. The van der Waals surface area contributed by atoms with Crippen LogP contribution in [0.1, 0.15) is 39.2 Å². The molecular weight excluding hydrogens is 334 g/mol. The van der Waals surface area contributed by atoms with E-state index in [0.717, 1.165) is 35.2 Å². The Morgan fingerprint density at radius 1 is 1.27 bits per heavy atom. The lowest BCUT2D eigenvalue weighted by Gasteiger charge is -2.38. The Kier molecular flexibility index (Phi) is 3.61. The first-order chi connectivity index (χ1) is 12.2. The number of carbonyl (C=O) groups is 1. The van der Waals surface area contributed by atoms with E-state index < -0.39 is 5.60 Å². The summed E-state index contributed by atoms with van der Waals surface area (Å²) in [5.41, 5.74) is 2.10. The Morgan fingerprint density at radius 3 is 2.62 bits per heavy atom. The fourth-order valence-corrected chi connectivity index (χ4v) is 3.94. The van der Waals surface area contributed by atoms with Gasteiger partial charge in [-0.05, 0) is 39.7 Å². The maximum Gasteiger partial charge on any atom is 0.410 e. The van der Waals surface area contributed by atoms with Crippen LogP contribution in [0.4, 0.5) is 4.79 Å². The molecule has 1 aromatic carbocycles. The molecule has 0 bridgehead atoms. The van der Waals surface area contributed by atoms with Gasteiger partial charge in [0.2, 0.25) is 0 Å². The van der Waals surface area contributed by atoms with E-state index in [9.17, 15) is 9.59 Å². The minimum Gasteiger partial charge on any atom is -0.492 e. The summed E-state index contributed by atoms with van der Waals surface area (Å²) >= 11 is 0. The van der Waals surface area contributed by atoms with E-state index >= 15 is 0 Å². The van der Waals surface area contributed by atoms with Gasteiger partial charge < -0.3 is 19.4 Å². The standard InChI is InChI=1S/C19H25N3O4/c1-18(2,3)26-17(24)22-7-5-19(6-8-22)11-25-15-10-13-14(9-12(15)19)21(4)16(23)20-13/h9-10H,5-8,11H2,1-4H3,(H,20,23). The van der Waals surface area contributed by atoms with E-state index in [1.807, 2.05) is 26.8 Å². The number of aromatic nitrogens is 2. The predicted molar refractivity (Wildman–Crippen MR) is 97.8 cm³/mol. The van der Waals surface area contributed by atoms with Crippen LogP contribution >= 0.6 is 0 Å². The highest BCUT2D eigenvalue weighted by Crippen LogP contribution is 2.46. The Labute approximate surface area is 151 Å². The van der Waals surface area contributed by atoms with Crippen LogP contribution in [0.3, 0.4) is 0 Å². The van der Waals surface area contributed by atoms with Crippen LogP contribution in [-0.2, 0) is 17.2 Å². The number of piperidine rings is 1. The molecule has 0 unspecified atom stereocenters. The first-order valence-corrected chi connectivity index (χ1v) is 9.03. The lowest BCUT2D eigenvalue weighted by atomic mass is 9.74. The number of imidazole rings is 1. The molecule has 7 nitrogen and oxygen atoms in total. The van der Waals surface area contributed by atoms with Crippen LogP contribution in [0.15, 0.2) is 16.9 Å². The quantitative estimate of drug-likeness (QED) is 0.784. The van der Waals surface area contributed by atoms with Crippen molar-refractivity contribution in [2.45, 2.75) is 44.6 Å². The molecule has 2 aromatic rings. The van der Waals surface area contributed by atoms with Crippen molar-refractivity contribution in [1.29, 1.82) is 0 Å². The van der Waals surface area contributed by atoms with Gasteiger partial charge in [-0.1, -0.05) is 0 Å². The maximum atomic E-state index is 12.3. The average Bonchev–Trinajstić information content (AvgIpc) is 3.04. The van der Waals surface area contributed by atoms with E-state index in [4.69, 9.17) is 9.47 Å². The number of aryl methyl sites for hydroxylation is 1. The SMILES string of the molecule is Cn1c(=O)[nH]c2cc3c(cc21)C1(CCN(C(=O)OC(C)(C)C)CC1)CO3. The van der Waals surface area contributed by atoms with Gasteiger partial charge in [-0.15, -0.1) is 0 Å². The van der Waals surface area contributed by atoms with Gasteiger partial charge in [-0.2, -0.15) is 0 Å². The molecule has 0 saturated carbocycles. The molecule has 1 saturated heterocycles. The molecule has 1 spiro atoms. The zero-order valence-corrected chi connectivity index (χ0v) is 15.7. The summed E-state index contributed by atoms with van der Waals surface area (Å²) in [6.07, 6.45) is 1.39. The Hall–Kier alpha value is -2.44. The number of rotatable bonds is 0. The van der Waals surface area contributed by atoms with Crippen molar-refractivity contribution in [3.63, 3.8) is 0 Å². The average molecular weight is 359 g/mol. The monoisotopic (exact) mass is 359 g/mol. The number of H-pyrrole nitrogens is 1. The lowest BCUT2D eigenvalue weighted by molar-refractivity contribution is 0.0152. The zero-order chi connectivity index (χ0) is 18.7. The van der Waals surface area contributed by atoms with E-state index in [2.05, 4.69) is 11.1 Å². The van der Waals surface area contributed by atoms with Crippen molar-refractivity contribution in [3.05, 3.63) is 28.2 Å². The van der Waals surface area contributed by atoms with Gasteiger partial charge in [0.25, 0.3) is 0 Å². The van der Waals surface area contributed by atoms with Gasteiger partial charge in [0.15, 0.2) is 0 Å². The molecule has 26 heavy (non-hydrogen) atoms. The highest BCUT2D eigenvalue weighted by molar-refractivity contribution is 5.79. The fraction of sp³-hybridized carbons (Fsp3) is 0.579. The van der Waals surface area contributed by atoms with Crippen molar-refractivity contribution in [3.8, 4) is 5.75 Å². The second-order valence-electron chi connectivity index (χ2n) is 8.39. The number of nitrogens with zero attached hydrogens (tertiary/aromatic N) is 2. The number of fused-ring (bicyclic) bond motifs is 3. The number of benzene rings is 1. The van der Waals surface area contributed by atoms with Crippen molar-refractivity contribution < 1.29 is 14.3 Å². The third-order valence-electron chi connectivity index (χ3n) is 5.45. The Bertz CT molecular complexity index is 927. The topological polar surface area (TPSA) is 76.6 Å². The lowest BCUT2D eigenvalue weighted by Crippen LogP contribution is -2.47. The highest BCUT2D eigenvalue weighted by Gasteiger charge is 2.44. The molecule has 0 radical (unpaired) electrons. The van der Waals surface area contributed by atoms with Crippen molar-refractivity contribution >= 4 is 17.1 Å². The van der Waals surface area contributed by atoms with Crippen molar-refractivity contribution in [2.75, 3.05) is 19.7 Å². The maximum absolute atomic E-state index is 12.3. The number of hydrogen-bond acceptors (Lipinski definition) is 4. The second kappa shape index (κ2) is 5.53. The van der Waals surface area contributed by atoms with E-state index in [0.29, 0.717) is 19.7 Å². The molecule has 140 valence electrons. The number of likely N-dealkylation sites (tertiary alicyclic amines) is 1. The van der Waals surface area contributed by atoms with Gasteiger partial charge in [-0.3, -0.25) is 4.57 Å². The van der Waals surface area contributed by atoms with Gasteiger partial charge >= 0.3 is 11.8 Å². The predicted octanol–water partition coefficient (Wildman–Crippen LogP) is 2.53. The summed E-state index contributed by atoms with van der Waals surface area (Å²) < 4.78 is 13.1. The molecule has 2 aliphatic rings. The fourth-order valence-electron chi connectivity index (χ4n) is 3.94. The normalized spacial score (nSPS) is 18.8. The number of ether oxygens (including phenoxy) is 2. The third-order valence-corrected chi connectivity index (χ3v) is 5.45. The zero-order valence-electron chi connectivity index (χ0n) is 15.7. The smallest absolute Gasteiger partial charge is 0.410 e. The van der Waals surface area contributed by atoms with Crippen LogP contribution in [0.5, 0.6) is 5.75 Å². The molecule has 0 aliphatic carbocycles. The number of hydrogen-bond donors (Lipinski definition) is 1. The van der Waals surface area contributed by atoms with E-state index in [1.165, 1.54) is 0 Å². The van der Waals surface area contributed by atoms with Crippen LogP contribution < -0.4 is 10.4 Å². The summed E-state index contributed by atoms with van der Waals surface area (Å²) in [7, 11) is 1.77. The largest absolute Gasteiger partial charge is 0.492 e. The van der Waals surface area contributed by atoms with Gasteiger partial charge in [0.1, 0.15) is 11.4 Å². The van der Waals surface area contributed by atoms with Crippen LogP contribution in [0, 0.1) is 0 Å². The molecule has 3 heterocycles. The summed E-state index contributed by atoms with van der Waals surface area (Å²) in [5, 5.41) is 0. The summed E-state index contributed by atoms with van der Waals surface area (Å²) in [6, 6.07) is 3.99. The molecule has 1 N–H and O–H groups in total. The summed E-state index contributed by atoms with van der Waals surface area (Å²) in [6.45, 7) is 7.53. The van der Waals surface area contributed by atoms with Crippen molar-refractivity contribution in [1.82, 2.24) is 14.5 Å². The van der Waals surface area contributed by atoms with Crippen molar-refractivity contribution in [2.24, 2.45) is 7.05 Å². The summed E-state index contributed by atoms with van der Waals surface area (Å²) in [5.74, 6) is 0.838. The number of carbonyl (C=O) groups excluding carboxylic acids is 1. The molecule has 4 rings (SSSR count). The Morgan fingerprint density at radius 2 is 1.96 bits per heavy atom. The first-order valence-electron chi connectivity index (χ1n) is 9.03. The number of aromatic amines is 1. The van der Waals surface area contributed by atoms with Gasteiger partial charge in [-0.25, -0.2) is 9.59 Å². The molecule has 7 heteroatoms. The molecule has 1 fully saturated rings. The first kappa shape index (κ1) is 17.0. The van der Waals surface area contributed by atoms with Crippen LogP contribution in [0.25, 0.3) is 11.0 Å². The Balaban J connectivity index is 1.59. The van der Waals surface area contributed by atoms with E-state index in [1.54, 1.807) is 16.5 Å². The third kappa shape index (κ3) is 2.66. The van der Waals surface area contributed by atoms with Gasteiger partial charge in [0, 0.05) is 37.2 Å². The number of nitrogens with one attached hydrogen (secondary N) is 1. The molecule has 0 atom stereocenters. The second-order valence-corrected chi connectivity index (χ2v) is 8.39. The minimum absolute atomic E-state index is 0.102. The van der Waals surface area contributed by atoms with Crippen LogP contribution in [0.2, 0.25) is 0 Å².